The van der Waals surface area contributed by atoms with Gasteiger partial charge in [0.15, 0.2) is 0 Å². The molecule has 0 saturated heterocycles. The van der Waals surface area contributed by atoms with Crippen LogP contribution < -0.4 is 4.72 Å². The molecule has 0 aliphatic rings. The fourth-order valence-electron chi connectivity index (χ4n) is 1.66. The van der Waals surface area contributed by atoms with Crippen molar-refractivity contribution in [2.45, 2.75) is 18.3 Å². The van der Waals surface area contributed by atoms with Crippen LogP contribution >= 0.6 is 0 Å². The molecule has 0 saturated carbocycles. The van der Waals surface area contributed by atoms with Gasteiger partial charge in [-0.05, 0) is 25.1 Å². The first kappa shape index (κ1) is 18.0. The summed E-state index contributed by atoms with van der Waals surface area (Å²) in [7, 11) is -0.931. The zero-order chi connectivity index (χ0) is 16.1. The topological polar surface area (TPSA) is 64.6 Å². The molecule has 1 atom stereocenters. The summed E-state index contributed by atoms with van der Waals surface area (Å²) in [6.45, 7) is 1.80. The Morgan fingerprint density at radius 1 is 1.29 bits per heavy atom. The van der Waals surface area contributed by atoms with Gasteiger partial charge < -0.3 is 9.47 Å². The third kappa shape index (κ3) is 5.66. The lowest BCUT2D eigenvalue weighted by Crippen LogP contribution is -2.45. The zero-order valence-corrected chi connectivity index (χ0v) is 13.0. The highest BCUT2D eigenvalue weighted by Gasteiger charge is 2.26. The first-order valence-corrected chi connectivity index (χ1v) is 7.82. The molecule has 0 fully saturated rings. The van der Waals surface area contributed by atoms with Crippen LogP contribution in [0.3, 0.4) is 0 Å². The predicted molar refractivity (Wildman–Crippen MR) is 74.3 cm³/mol. The van der Waals surface area contributed by atoms with Crippen LogP contribution in [-0.4, -0.2) is 41.4 Å². The Labute approximate surface area is 123 Å². The quantitative estimate of drug-likeness (QED) is 0.786. The highest BCUT2D eigenvalue weighted by molar-refractivity contribution is 7.88. The van der Waals surface area contributed by atoms with Crippen molar-refractivity contribution >= 4 is 10.0 Å². The summed E-state index contributed by atoms with van der Waals surface area (Å²) in [6, 6.07) is 2.68. The molecule has 0 aliphatic heterocycles. The fraction of sp³-hybridized carbons (Fsp3) is 0.538. The maximum absolute atomic E-state index is 13.5. The Hall–Kier alpha value is -1.09. The smallest absolute Gasteiger partial charge is 0.215 e. The molecule has 120 valence electrons. The normalized spacial score (nSPS) is 14.9. The molecule has 0 bridgehead atoms. The molecule has 1 rings (SSSR count). The predicted octanol–water partition coefficient (Wildman–Crippen LogP) is 1.44. The van der Waals surface area contributed by atoms with Gasteiger partial charge in [0.2, 0.25) is 10.0 Å². The average molecular weight is 323 g/mol. The van der Waals surface area contributed by atoms with Gasteiger partial charge in [0.25, 0.3) is 0 Å². The summed E-state index contributed by atoms with van der Waals surface area (Å²) in [5.41, 5.74) is -1.07. The molecule has 0 aromatic heterocycles. The van der Waals surface area contributed by atoms with Crippen molar-refractivity contribution < 1.29 is 26.7 Å². The van der Waals surface area contributed by atoms with Crippen molar-refractivity contribution in [3.63, 3.8) is 0 Å². The summed E-state index contributed by atoms with van der Waals surface area (Å²) >= 11 is 0. The Kier molecular flexibility index (Phi) is 6.21. The van der Waals surface area contributed by atoms with E-state index in [1.54, 1.807) is 6.92 Å². The highest BCUT2D eigenvalue weighted by atomic mass is 32.2. The van der Waals surface area contributed by atoms with Crippen molar-refractivity contribution in [3.8, 4) is 0 Å². The Morgan fingerprint density at radius 2 is 1.95 bits per heavy atom. The third-order valence-corrected chi connectivity index (χ3v) is 4.24. The van der Waals surface area contributed by atoms with Gasteiger partial charge in [0.05, 0.1) is 12.4 Å². The molecule has 1 aromatic rings. The van der Waals surface area contributed by atoms with Gasteiger partial charge in [-0.15, -0.1) is 0 Å². The Bertz CT molecular complexity index is 580. The molecule has 5 nitrogen and oxygen atoms in total. The van der Waals surface area contributed by atoms with E-state index in [4.69, 9.17) is 9.47 Å². The molecule has 0 aliphatic carbocycles. The lowest BCUT2D eigenvalue weighted by atomic mass is 10.1. The van der Waals surface area contributed by atoms with E-state index >= 15 is 0 Å². The molecule has 1 unspecified atom stereocenters. The first-order valence-electron chi connectivity index (χ1n) is 6.17. The van der Waals surface area contributed by atoms with Crippen molar-refractivity contribution in [1.82, 2.24) is 4.72 Å². The minimum absolute atomic E-state index is 0.0450. The molecule has 21 heavy (non-hydrogen) atoms. The van der Waals surface area contributed by atoms with E-state index < -0.39 is 33.0 Å². The van der Waals surface area contributed by atoms with E-state index in [1.165, 1.54) is 14.2 Å². The Morgan fingerprint density at radius 3 is 2.52 bits per heavy atom. The number of halogens is 2. The van der Waals surface area contributed by atoms with Crippen LogP contribution in [0.4, 0.5) is 8.78 Å². The van der Waals surface area contributed by atoms with Gasteiger partial charge >= 0.3 is 0 Å². The average Bonchev–Trinajstić information content (AvgIpc) is 2.41. The Balaban J connectivity index is 2.76. The van der Waals surface area contributed by atoms with Crippen LogP contribution in [0.1, 0.15) is 12.5 Å². The van der Waals surface area contributed by atoms with Crippen LogP contribution in [0.15, 0.2) is 18.2 Å². The maximum atomic E-state index is 13.5. The van der Waals surface area contributed by atoms with E-state index in [1.807, 2.05) is 0 Å². The molecular formula is C13H19F2NO4S. The largest absolute Gasteiger partial charge is 0.382 e. The molecule has 1 N–H and O–H groups in total. The first-order chi connectivity index (χ1) is 9.71. The van der Waals surface area contributed by atoms with E-state index in [9.17, 15) is 17.2 Å². The lowest BCUT2D eigenvalue weighted by Gasteiger charge is -2.27. The van der Waals surface area contributed by atoms with Gasteiger partial charge in [-0.1, -0.05) is 0 Å². The zero-order valence-electron chi connectivity index (χ0n) is 12.2. The van der Waals surface area contributed by atoms with Gasteiger partial charge in [-0.2, -0.15) is 0 Å². The summed E-state index contributed by atoms with van der Waals surface area (Å²) in [5, 5.41) is 0. The summed E-state index contributed by atoms with van der Waals surface area (Å²) < 4.78 is 62.8. The van der Waals surface area contributed by atoms with E-state index in [-0.39, 0.29) is 18.7 Å². The van der Waals surface area contributed by atoms with Gasteiger partial charge in [0, 0.05) is 26.3 Å². The number of benzene rings is 1. The van der Waals surface area contributed by atoms with Crippen molar-refractivity contribution in [3.05, 3.63) is 35.4 Å². The molecule has 8 heteroatoms. The number of hydrogen-bond donors (Lipinski definition) is 1. The lowest BCUT2D eigenvalue weighted by molar-refractivity contribution is -0.0460. The number of nitrogens with one attached hydrogen (secondary N) is 1. The standard InChI is InChI=1S/C13H19F2NO4S/c1-13(20-3,9-19-2)8-16-21(17,18)7-10-6-11(14)4-5-12(10)15/h4-6,16H,7-9H2,1-3H3. The fourth-order valence-corrected chi connectivity index (χ4v) is 2.92. The number of sulfonamides is 1. The number of methoxy groups -OCH3 is 2. The van der Waals surface area contributed by atoms with Crippen LogP contribution in [0.5, 0.6) is 0 Å². The molecular weight excluding hydrogens is 304 g/mol. The number of rotatable bonds is 8. The van der Waals surface area contributed by atoms with Crippen LogP contribution in [-0.2, 0) is 25.2 Å². The van der Waals surface area contributed by atoms with Crippen molar-refractivity contribution in [1.29, 1.82) is 0 Å². The van der Waals surface area contributed by atoms with Gasteiger partial charge in [-0.25, -0.2) is 21.9 Å². The van der Waals surface area contributed by atoms with Gasteiger partial charge in [0.1, 0.15) is 17.2 Å². The third-order valence-electron chi connectivity index (χ3n) is 2.96. The second-order valence-corrected chi connectivity index (χ2v) is 6.71. The van der Waals surface area contributed by atoms with Crippen LogP contribution in [0, 0.1) is 11.6 Å². The summed E-state index contributed by atoms with van der Waals surface area (Å²) in [4.78, 5) is 0. The molecule has 0 radical (unpaired) electrons. The number of ether oxygens (including phenoxy) is 2. The maximum Gasteiger partial charge on any atom is 0.215 e. The minimum atomic E-state index is -3.83. The molecule has 1 aromatic carbocycles. The van der Waals surface area contributed by atoms with Crippen LogP contribution in [0.25, 0.3) is 0 Å². The monoisotopic (exact) mass is 323 g/mol. The summed E-state index contributed by atoms with van der Waals surface area (Å²) in [6.07, 6.45) is 0. The van der Waals surface area contributed by atoms with Gasteiger partial charge in [-0.3, -0.25) is 0 Å². The molecule has 0 heterocycles. The van der Waals surface area contributed by atoms with E-state index in [2.05, 4.69) is 4.72 Å². The SMILES string of the molecule is COCC(C)(CNS(=O)(=O)Cc1cc(F)ccc1F)OC. The second kappa shape index (κ2) is 7.26. The molecule has 0 amide bonds. The summed E-state index contributed by atoms with van der Waals surface area (Å²) in [5.74, 6) is -2.11. The van der Waals surface area contributed by atoms with Crippen molar-refractivity contribution in [2.24, 2.45) is 0 Å². The van der Waals surface area contributed by atoms with E-state index in [0.717, 1.165) is 18.2 Å². The van der Waals surface area contributed by atoms with E-state index in [0.29, 0.717) is 0 Å². The highest BCUT2D eigenvalue weighted by Crippen LogP contribution is 2.14. The van der Waals surface area contributed by atoms with Crippen LogP contribution in [0.2, 0.25) is 0 Å². The second-order valence-electron chi connectivity index (χ2n) is 4.90. The minimum Gasteiger partial charge on any atom is -0.382 e. The molecule has 0 spiro atoms. The number of hydrogen-bond acceptors (Lipinski definition) is 4. The van der Waals surface area contributed by atoms with Crippen molar-refractivity contribution in [2.75, 3.05) is 27.4 Å².